The predicted molar refractivity (Wildman–Crippen MR) is 184 cm³/mol. The lowest BCUT2D eigenvalue weighted by atomic mass is 9.84. The Morgan fingerprint density at radius 2 is 1.73 bits per heavy atom. The zero-order valence-electron chi connectivity index (χ0n) is 28.8. The number of carbonyl (C=O) groups excluding carboxylic acids is 3. The molecule has 6 atom stereocenters. The highest BCUT2D eigenvalue weighted by Gasteiger charge is 2.61. The first kappa shape index (κ1) is 35.4. The SMILES string of the molecule is C=CC1C[C@]1(NC(=O)[C@@H]1C[C@H](Oc2cc(-c3ccccc3)nc3cc(OC)ccc23)CC1C(=O)[C@@H](NC(=O)OC(C)(C)C)C(C)C)C(=O)O. The number of nitrogens with zero attached hydrogens (tertiary/aromatic N) is 1. The summed E-state index contributed by atoms with van der Waals surface area (Å²) >= 11 is 0. The lowest BCUT2D eigenvalue weighted by Gasteiger charge is -2.28. The van der Waals surface area contributed by atoms with Crippen LogP contribution in [0.4, 0.5) is 4.79 Å². The highest BCUT2D eigenvalue weighted by molar-refractivity contribution is 5.97. The standard InChI is InChI=1S/C38H45N3O8/c1-8-23-20-38(23,35(44)45)41-34(43)28-17-25(16-27(28)33(42)32(21(2)3)40-36(46)49-37(4,5)6)48-31-19-29(22-12-10-9-11-13-22)39-30-18-24(47-7)14-15-26(30)31/h8-15,18-19,21,23,25,27-28,32H,1,16-17,20H2,2-7H3,(H,40,46)(H,41,43)(H,44,45)/t23?,25-,27?,28-,32+,38-/m1/s1. The molecule has 2 amide bonds. The molecule has 11 heteroatoms. The van der Waals surface area contributed by atoms with E-state index < -0.39 is 59.0 Å². The molecule has 3 N–H and O–H groups in total. The van der Waals surface area contributed by atoms with Crippen molar-refractivity contribution in [2.24, 2.45) is 23.7 Å². The molecule has 49 heavy (non-hydrogen) atoms. The average molecular weight is 672 g/mol. The molecule has 1 aromatic heterocycles. The number of alkyl carbamates (subject to hydrolysis) is 1. The smallest absolute Gasteiger partial charge is 0.408 e. The maximum atomic E-state index is 14.3. The van der Waals surface area contributed by atoms with Crippen LogP contribution < -0.4 is 20.1 Å². The monoisotopic (exact) mass is 671 g/mol. The number of rotatable bonds is 12. The van der Waals surface area contributed by atoms with Crippen molar-refractivity contribution in [3.8, 4) is 22.8 Å². The van der Waals surface area contributed by atoms with Crippen molar-refractivity contribution >= 4 is 34.7 Å². The van der Waals surface area contributed by atoms with Gasteiger partial charge in [0.1, 0.15) is 28.7 Å². The summed E-state index contributed by atoms with van der Waals surface area (Å²) in [7, 11) is 1.58. The average Bonchev–Trinajstić information content (AvgIpc) is 3.61. The van der Waals surface area contributed by atoms with Gasteiger partial charge in [0.25, 0.3) is 0 Å². The molecule has 0 aliphatic heterocycles. The fourth-order valence-electron chi connectivity index (χ4n) is 6.59. The van der Waals surface area contributed by atoms with E-state index in [0.29, 0.717) is 22.7 Å². The van der Waals surface area contributed by atoms with Crippen LogP contribution >= 0.6 is 0 Å². The van der Waals surface area contributed by atoms with Gasteiger partial charge < -0.3 is 30.0 Å². The number of methoxy groups -OCH3 is 1. The van der Waals surface area contributed by atoms with Gasteiger partial charge in [0, 0.05) is 34.9 Å². The van der Waals surface area contributed by atoms with E-state index in [1.807, 2.05) is 54.6 Å². The van der Waals surface area contributed by atoms with Crippen LogP contribution in [0.25, 0.3) is 22.2 Å². The highest BCUT2D eigenvalue weighted by Crippen LogP contribution is 2.46. The van der Waals surface area contributed by atoms with Gasteiger partial charge in [0.05, 0.1) is 30.3 Å². The number of carboxylic acids is 1. The minimum Gasteiger partial charge on any atom is -0.497 e. The molecule has 1 heterocycles. The number of hydrogen-bond acceptors (Lipinski definition) is 8. The number of hydrogen-bond donors (Lipinski definition) is 3. The normalized spacial score (nSPS) is 23.7. The molecule has 0 spiro atoms. The fourth-order valence-corrected chi connectivity index (χ4v) is 6.59. The molecule has 3 aromatic rings. The van der Waals surface area contributed by atoms with E-state index in [1.54, 1.807) is 41.7 Å². The number of carbonyl (C=O) groups is 4. The quantitative estimate of drug-likeness (QED) is 0.198. The van der Waals surface area contributed by atoms with E-state index >= 15 is 0 Å². The van der Waals surface area contributed by atoms with Crippen LogP contribution in [-0.2, 0) is 19.1 Å². The largest absolute Gasteiger partial charge is 0.497 e. The first-order valence-electron chi connectivity index (χ1n) is 16.6. The number of benzene rings is 2. The van der Waals surface area contributed by atoms with Crippen LogP contribution in [0.1, 0.15) is 53.9 Å². The molecular formula is C38H45N3O8. The fraction of sp³-hybridized carbons (Fsp3) is 0.447. The van der Waals surface area contributed by atoms with Gasteiger partial charge in [-0.25, -0.2) is 14.6 Å². The van der Waals surface area contributed by atoms with E-state index in [4.69, 9.17) is 19.2 Å². The van der Waals surface area contributed by atoms with Crippen molar-refractivity contribution in [1.82, 2.24) is 15.6 Å². The second-order valence-electron chi connectivity index (χ2n) is 14.3. The van der Waals surface area contributed by atoms with Gasteiger partial charge in [-0.05, 0) is 58.1 Å². The Labute approximate surface area is 286 Å². The van der Waals surface area contributed by atoms with E-state index in [2.05, 4.69) is 17.2 Å². The minimum absolute atomic E-state index is 0.147. The lowest BCUT2D eigenvalue weighted by Crippen LogP contribution is -2.52. The molecule has 5 rings (SSSR count). The summed E-state index contributed by atoms with van der Waals surface area (Å²) in [6.45, 7) is 12.5. The summed E-state index contributed by atoms with van der Waals surface area (Å²) in [5, 5.41) is 16.2. The van der Waals surface area contributed by atoms with Crippen LogP contribution in [0, 0.1) is 23.7 Å². The van der Waals surface area contributed by atoms with Crippen molar-refractivity contribution < 1.29 is 38.5 Å². The first-order chi connectivity index (χ1) is 23.2. The third-order valence-corrected chi connectivity index (χ3v) is 9.24. The van der Waals surface area contributed by atoms with E-state index in [1.165, 1.54) is 6.08 Å². The summed E-state index contributed by atoms with van der Waals surface area (Å²) in [5.41, 5.74) is -0.0594. The minimum atomic E-state index is -1.47. The molecule has 2 unspecified atom stereocenters. The third-order valence-electron chi connectivity index (χ3n) is 9.24. The number of amides is 2. The number of Topliss-reactive ketones (excluding diaryl/α,β-unsaturated/α-hetero) is 1. The van der Waals surface area contributed by atoms with Gasteiger partial charge >= 0.3 is 12.1 Å². The van der Waals surface area contributed by atoms with Crippen LogP contribution in [0.3, 0.4) is 0 Å². The summed E-state index contributed by atoms with van der Waals surface area (Å²) in [4.78, 5) is 58.1. The molecule has 0 bridgehead atoms. The van der Waals surface area contributed by atoms with Crippen LogP contribution in [0.5, 0.6) is 11.5 Å². The molecule has 2 fully saturated rings. The Morgan fingerprint density at radius 3 is 2.33 bits per heavy atom. The third kappa shape index (κ3) is 7.71. The summed E-state index contributed by atoms with van der Waals surface area (Å²) in [6.07, 6.45) is 0.717. The number of ketones is 1. The van der Waals surface area contributed by atoms with Crippen molar-refractivity contribution in [3.05, 3.63) is 67.3 Å². The van der Waals surface area contributed by atoms with Crippen molar-refractivity contribution in [3.63, 3.8) is 0 Å². The van der Waals surface area contributed by atoms with Crippen LogP contribution in [-0.4, -0.2) is 64.2 Å². The van der Waals surface area contributed by atoms with Gasteiger partial charge in [0.2, 0.25) is 5.91 Å². The molecule has 2 aliphatic carbocycles. The summed E-state index contributed by atoms with van der Waals surface area (Å²) in [5.74, 6) is -3.44. The Morgan fingerprint density at radius 1 is 1.04 bits per heavy atom. The molecular weight excluding hydrogens is 626 g/mol. The topological polar surface area (TPSA) is 153 Å². The van der Waals surface area contributed by atoms with Gasteiger partial charge in [0.15, 0.2) is 5.78 Å². The number of aromatic nitrogens is 1. The molecule has 0 saturated heterocycles. The second-order valence-corrected chi connectivity index (χ2v) is 14.3. The van der Waals surface area contributed by atoms with Crippen molar-refractivity contribution in [2.75, 3.05) is 7.11 Å². The summed E-state index contributed by atoms with van der Waals surface area (Å²) < 4.78 is 17.5. The number of carboxylic acid groups (broad SMARTS) is 1. The molecule has 0 radical (unpaired) electrons. The van der Waals surface area contributed by atoms with E-state index in [0.717, 1.165) is 10.9 Å². The van der Waals surface area contributed by atoms with Crippen LogP contribution in [0.15, 0.2) is 67.3 Å². The Balaban J connectivity index is 1.49. The zero-order chi connectivity index (χ0) is 35.7. The maximum absolute atomic E-state index is 14.3. The Bertz CT molecular complexity index is 1750. The second kappa shape index (κ2) is 13.9. The Kier molecular flexibility index (Phi) is 10.0. The molecule has 11 nitrogen and oxygen atoms in total. The number of nitrogens with one attached hydrogen (secondary N) is 2. The van der Waals surface area contributed by atoms with Gasteiger partial charge in [-0.1, -0.05) is 50.3 Å². The molecule has 2 saturated carbocycles. The van der Waals surface area contributed by atoms with E-state index in [-0.39, 0.29) is 31.0 Å². The Hall–Kier alpha value is -4.93. The number of fused-ring (bicyclic) bond motifs is 1. The summed E-state index contributed by atoms with van der Waals surface area (Å²) in [6, 6.07) is 16.0. The van der Waals surface area contributed by atoms with Crippen LogP contribution in [0.2, 0.25) is 0 Å². The maximum Gasteiger partial charge on any atom is 0.408 e. The van der Waals surface area contributed by atoms with Gasteiger partial charge in [-0.2, -0.15) is 0 Å². The molecule has 260 valence electrons. The van der Waals surface area contributed by atoms with Gasteiger partial charge in [-0.3, -0.25) is 9.59 Å². The number of aliphatic carboxylic acids is 1. The van der Waals surface area contributed by atoms with Gasteiger partial charge in [-0.15, -0.1) is 6.58 Å². The van der Waals surface area contributed by atoms with E-state index in [9.17, 15) is 24.3 Å². The predicted octanol–water partition coefficient (Wildman–Crippen LogP) is 5.95. The number of ether oxygens (including phenoxy) is 3. The van der Waals surface area contributed by atoms with Crippen molar-refractivity contribution in [1.29, 1.82) is 0 Å². The highest BCUT2D eigenvalue weighted by atomic mass is 16.6. The lowest BCUT2D eigenvalue weighted by molar-refractivity contribution is -0.144. The molecule has 2 aliphatic rings. The first-order valence-corrected chi connectivity index (χ1v) is 16.6. The zero-order valence-corrected chi connectivity index (χ0v) is 28.8. The number of pyridine rings is 1. The molecule has 2 aromatic carbocycles. The van der Waals surface area contributed by atoms with Crippen molar-refractivity contribution in [2.45, 2.75) is 77.2 Å².